The maximum Gasteiger partial charge on any atom is 0.227 e. The first kappa shape index (κ1) is 18.7. The maximum atomic E-state index is 12.7. The topological polar surface area (TPSA) is 70.1 Å². The lowest BCUT2D eigenvalue weighted by Gasteiger charge is -2.42. The standard InChI is InChI=1S/C20H28N2O4/c1-15(24)22-12-17(13-23)20(14-22)7-9-21(10-8-20)19(25)11-16-5-3-4-6-18(16)26-2/h3-6,17,23H,7-14H2,1-2H3. The van der Waals surface area contributed by atoms with Crippen LogP contribution in [0.25, 0.3) is 0 Å². The van der Waals surface area contributed by atoms with Crippen molar-refractivity contribution >= 4 is 11.8 Å². The fraction of sp³-hybridized carbons (Fsp3) is 0.600. The number of nitrogens with zero attached hydrogens (tertiary/aromatic N) is 2. The maximum absolute atomic E-state index is 12.7. The molecule has 1 N–H and O–H groups in total. The molecule has 2 amide bonds. The summed E-state index contributed by atoms with van der Waals surface area (Å²) < 4.78 is 5.34. The SMILES string of the molecule is COc1ccccc1CC(=O)N1CCC2(CC1)CN(C(C)=O)CC2CO. The van der Waals surface area contributed by atoms with Crippen molar-refractivity contribution in [3.63, 3.8) is 0 Å². The average molecular weight is 360 g/mol. The first-order valence-corrected chi connectivity index (χ1v) is 9.25. The fourth-order valence-electron chi connectivity index (χ4n) is 4.42. The zero-order chi connectivity index (χ0) is 18.7. The molecule has 2 saturated heterocycles. The Morgan fingerprint density at radius 1 is 1.23 bits per heavy atom. The molecule has 2 aliphatic heterocycles. The van der Waals surface area contributed by atoms with Gasteiger partial charge in [-0.25, -0.2) is 0 Å². The highest BCUT2D eigenvalue weighted by Gasteiger charge is 2.48. The van der Waals surface area contributed by atoms with Crippen LogP contribution in [0.3, 0.4) is 0 Å². The van der Waals surface area contributed by atoms with Crippen molar-refractivity contribution in [2.24, 2.45) is 11.3 Å². The molecule has 2 fully saturated rings. The molecule has 2 aliphatic rings. The minimum Gasteiger partial charge on any atom is -0.496 e. The van der Waals surface area contributed by atoms with Crippen LogP contribution in [0.5, 0.6) is 5.75 Å². The predicted octanol–water partition coefficient (Wildman–Crippen LogP) is 1.32. The van der Waals surface area contributed by atoms with Crippen LogP contribution in [0.15, 0.2) is 24.3 Å². The van der Waals surface area contributed by atoms with Gasteiger partial charge in [0.1, 0.15) is 5.75 Å². The lowest BCUT2D eigenvalue weighted by Crippen LogP contribution is -2.47. The van der Waals surface area contributed by atoms with E-state index in [2.05, 4.69) is 0 Å². The number of hydrogen-bond acceptors (Lipinski definition) is 4. The molecule has 3 rings (SSSR count). The Hall–Kier alpha value is -2.08. The van der Waals surface area contributed by atoms with Crippen LogP contribution in [0.4, 0.5) is 0 Å². The number of rotatable bonds is 4. The quantitative estimate of drug-likeness (QED) is 0.879. The Morgan fingerprint density at radius 3 is 2.54 bits per heavy atom. The van der Waals surface area contributed by atoms with Crippen molar-refractivity contribution in [1.29, 1.82) is 0 Å². The van der Waals surface area contributed by atoms with Gasteiger partial charge in [-0.3, -0.25) is 9.59 Å². The largest absolute Gasteiger partial charge is 0.496 e. The number of ether oxygens (including phenoxy) is 1. The molecule has 1 unspecified atom stereocenters. The van der Waals surface area contributed by atoms with E-state index in [0.29, 0.717) is 32.6 Å². The van der Waals surface area contributed by atoms with Crippen molar-refractivity contribution in [3.05, 3.63) is 29.8 Å². The molecule has 0 bridgehead atoms. The third-order valence-electron chi connectivity index (χ3n) is 6.12. The normalized spacial score (nSPS) is 21.9. The first-order valence-electron chi connectivity index (χ1n) is 9.25. The number of methoxy groups -OCH3 is 1. The number of hydrogen-bond donors (Lipinski definition) is 1. The van der Waals surface area contributed by atoms with Crippen LogP contribution < -0.4 is 4.74 Å². The molecule has 6 heteroatoms. The summed E-state index contributed by atoms with van der Waals surface area (Å²) in [7, 11) is 1.61. The van der Waals surface area contributed by atoms with Gasteiger partial charge in [0.05, 0.1) is 13.5 Å². The Kier molecular flexibility index (Phi) is 5.51. The molecule has 26 heavy (non-hydrogen) atoms. The molecular formula is C20H28N2O4. The van der Waals surface area contributed by atoms with Gasteiger partial charge < -0.3 is 19.6 Å². The minimum atomic E-state index is -0.0539. The summed E-state index contributed by atoms with van der Waals surface area (Å²) >= 11 is 0. The van der Waals surface area contributed by atoms with E-state index in [-0.39, 0.29) is 29.8 Å². The molecule has 0 saturated carbocycles. The van der Waals surface area contributed by atoms with Crippen LogP contribution in [-0.2, 0) is 16.0 Å². The van der Waals surface area contributed by atoms with Crippen molar-refractivity contribution in [2.45, 2.75) is 26.2 Å². The minimum absolute atomic E-state index is 0.0539. The number of para-hydroxylation sites is 1. The zero-order valence-electron chi connectivity index (χ0n) is 15.6. The highest BCUT2D eigenvalue weighted by Crippen LogP contribution is 2.44. The van der Waals surface area contributed by atoms with E-state index in [9.17, 15) is 14.7 Å². The van der Waals surface area contributed by atoms with Crippen LogP contribution in [0, 0.1) is 11.3 Å². The van der Waals surface area contributed by atoms with Crippen LogP contribution in [0.1, 0.15) is 25.3 Å². The Morgan fingerprint density at radius 2 is 1.92 bits per heavy atom. The molecule has 1 spiro atoms. The number of aliphatic hydroxyl groups is 1. The number of amides is 2. The summed E-state index contributed by atoms with van der Waals surface area (Å²) in [4.78, 5) is 28.2. The fourth-order valence-corrected chi connectivity index (χ4v) is 4.42. The summed E-state index contributed by atoms with van der Waals surface area (Å²) in [5.41, 5.74) is 0.846. The van der Waals surface area contributed by atoms with Gasteiger partial charge in [0.2, 0.25) is 11.8 Å². The van der Waals surface area contributed by atoms with E-state index < -0.39 is 0 Å². The van der Waals surface area contributed by atoms with E-state index >= 15 is 0 Å². The van der Waals surface area contributed by atoms with Gasteiger partial charge in [0.15, 0.2) is 0 Å². The van der Waals surface area contributed by atoms with Crippen LogP contribution >= 0.6 is 0 Å². The van der Waals surface area contributed by atoms with Gasteiger partial charge in [-0.05, 0) is 24.3 Å². The first-order chi connectivity index (χ1) is 12.5. The van der Waals surface area contributed by atoms with Crippen molar-refractivity contribution in [2.75, 3.05) is 39.9 Å². The van der Waals surface area contributed by atoms with Crippen LogP contribution in [-0.4, -0.2) is 66.6 Å². The van der Waals surface area contributed by atoms with E-state index in [0.717, 1.165) is 24.2 Å². The summed E-state index contributed by atoms with van der Waals surface area (Å²) in [5.74, 6) is 1.02. The number of benzene rings is 1. The van der Waals surface area contributed by atoms with Gasteiger partial charge in [0, 0.05) is 51.2 Å². The number of carbonyl (C=O) groups is 2. The second kappa shape index (κ2) is 7.66. The molecule has 0 radical (unpaired) electrons. The molecule has 6 nitrogen and oxygen atoms in total. The van der Waals surface area contributed by atoms with Crippen LogP contribution in [0.2, 0.25) is 0 Å². The van der Waals surface area contributed by atoms with Gasteiger partial charge in [0.25, 0.3) is 0 Å². The molecule has 0 aromatic heterocycles. The number of likely N-dealkylation sites (tertiary alicyclic amines) is 2. The highest BCUT2D eigenvalue weighted by molar-refractivity contribution is 5.79. The zero-order valence-corrected chi connectivity index (χ0v) is 15.6. The summed E-state index contributed by atoms with van der Waals surface area (Å²) in [6, 6.07) is 7.60. The lowest BCUT2D eigenvalue weighted by atomic mass is 9.71. The molecule has 142 valence electrons. The van der Waals surface area contributed by atoms with Crippen molar-refractivity contribution in [1.82, 2.24) is 9.80 Å². The number of carbonyl (C=O) groups excluding carboxylic acids is 2. The van der Waals surface area contributed by atoms with E-state index in [4.69, 9.17) is 4.74 Å². The molecule has 0 aliphatic carbocycles. The monoisotopic (exact) mass is 360 g/mol. The third kappa shape index (κ3) is 3.56. The Balaban J connectivity index is 1.63. The highest BCUT2D eigenvalue weighted by atomic mass is 16.5. The third-order valence-corrected chi connectivity index (χ3v) is 6.12. The van der Waals surface area contributed by atoms with E-state index in [1.165, 1.54) is 0 Å². The van der Waals surface area contributed by atoms with E-state index in [1.807, 2.05) is 34.1 Å². The molecular weight excluding hydrogens is 332 g/mol. The van der Waals surface area contributed by atoms with Crippen molar-refractivity contribution < 1.29 is 19.4 Å². The second-order valence-electron chi connectivity index (χ2n) is 7.51. The van der Waals surface area contributed by atoms with Gasteiger partial charge in [-0.2, -0.15) is 0 Å². The van der Waals surface area contributed by atoms with Gasteiger partial charge in [-0.1, -0.05) is 18.2 Å². The summed E-state index contributed by atoms with van der Waals surface area (Å²) in [5, 5.41) is 9.78. The average Bonchev–Trinajstić information content (AvgIpc) is 3.01. The molecule has 1 aromatic carbocycles. The van der Waals surface area contributed by atoms with E-state index in [1.54, 1.807) is 14.0 Å². The number of piperidine rings is 1. The summed E-state index contributed by atoms with van der Waals surface area (Å²) in [6.07, 6.45) is 2.00. The second-order valence-corrected chi connectivity index (χ2v) is 7.51. The summed E-state index contributed by atoms with van der Waals surface area (Å²) in [6.45, 7) is 4.36. The molecule has 1 atom stereocenters. The lowest BCUT2D eigenvalue weighted by molar-refractivity contribution is -0.134. The molecule has 1 aromatic rings. The van der Waals surface area contributed by atoms with Gasteiger partial charge in [-0.15, -0.1) is 0 Å². The smallest absolute Gasteiger partial charge is 0.227 e. The Labute approximate surface area is 154 Å². The van der Waals surface area contributed by atoms with Crippen molar-refractivity contribution in [3.8, 4) is 5.75 Å². The number of aliphatic hydroxyl groups excluding tert-OH is 1. The predicted molar refractivity (Wildman–Crippen MR) is 97.8 cm³/mol. The van der Waals surface area contributed by atoms with Gasteiger partial charge >= 0.3 is 0 Å². The Bertz CT molecular complexity index is 668. The molecule has 2 heterocycles.